The highest BCUT2D eigenvalue weighted by Gasteiger charge is 2.26. The zero-order valence-electron chi connectivity index (χ0n) is 32.3. The third kappa shape index (κ3) is 29.8. The topological polar surface area (TPSA) is 242 Å². The fraction of sp³-hybridized carbons (Fsp3) is 0.771. The maximum Gasteiger partial charge on any atom is 0.252 e. The van der Waals surface area contributed by atoms with Crippen molar-refractivity contribution in [3.63, 3.8) is 0 Å². The number of primary amides is 1. The fourth-order valence-electron chi connectivity index (χ4n) is 3.99. The molecule has 2 unspecified atom stereocenters. The lowest BCUT2D eigenvalue weighted by molar-refractivity contribution is -0.135. The van der Waals surface area contributed by atoms with E-state index in [1.54, 1.807) is 20.8 Å². The summed E-state index contributed by atoms with van der Waals surface area (Å²) in [7, 11) is 0. The summed E-state index contributed by atoms with van der Waals surface area (Å²) in [5.74, 6) is -2.40. The minimum atomic E-state index is -0.837. The molecule has 0 aliphatic rings. The summed E-state index contributed by atoms with van der Waals surface area (Å²) in [6, 6.07) is -1.63. The van der Waals surface area contributed by atoms with Crippen LogP contribution in [0.25, 0.3) is 0 Å². The van der Waals surface area contributed by atoms with Crippen LogP contribution in [-0.4, -0.2) is 172 Å². The van der Waals surface area contributed by atoms with Gasteiger partial charge in [-0.25, -0.2) is 0 Å². The first-order chi connectivity index (χ1) is 26.0. The van der Waals surface area contributed by atoms with Gasteiger partial charge in [-0.15, -0.1) is 0 Å². The van der Waals surface area contributed by atoms with Gasteiger partial charge < -0.3 is 59.6 Å². The van der Waals surface area contributed by atoms with E-state index in [9.17, 15) is 28.8 Å². The van der Waals surface area contributed by atoms with E-state index in [0.29, 0.717) is 112 Å². The fourth-order valence-corrected chi connectivity index (χ4v) is 3.99. The Morgan fingerprint density at radius 3 is 1.43 bits per heavy atom. The first kappa shape index (κ1) is 50.4. The van der Waals surface area contributed by atoms with Gasteiger partial charge in [0.15, 0.2) is 0 Å². The largest absolute Gasteiger partial charge is 0.379 e. The van der Waals surface area contributed by atoms with Gasteiger partial charge in [-0.2, -0.15) is 0 Å². The van der Waals surface area contributed by atoms with Crippen molar-refractivity contribution in [1.82, 2.24) is 20.9 Å². The zero-order chi connectivity index (χ0) is 40.2. The average molecular weight is 778 g/mol. The normalized spacial score (nSPS) is 12.4. The second kappa shape index (κ2) is 35.2. The Balaban J connectivity index is 3.44. The Hall–Kier alpha value is -3.56. The van der Waals surface area contributed by atoms with E-state index >= 15 is 0 Å². The molecule has 0 rings (SSSR count). The molecule has 5 N–H and O–H groups in total. The van der Waals surface area contributed by atoms with E-state index in [2.05, 4.69) is 16.0 Å². The van der Waals surface area contributed by atoms with Gasteiger partial charge >= 0.3 is 0 Å². The molecule has 312 valence electrons. The number of imide groups is 1. The molecule has 6 amide bonds. The summed E-state index contributed by atoms with van der Waals surface area (Å²) in [5.41, 5.74) is 5.18. The van der Waals surface area contributed by atoms with Crippen molar-refractivity contribution in [2.75, 3.05) is 119 Å². The molecule has 0 bridgehead atoms. The van der Waals surface area contributed by atoms with Crippen LogP contribution in [0.2, 0.25) is 0 Å². The number of hydrogen-bond donors (Lipinski definition) is 4. The number of allylic oxidation sites excluding steroid dienone is 1. The summed E-state index contributed by atoms with van der Waals surface area (Å²) < 4.78 is 43.5. The Morgan fingerprint density at radius 2 is 1.04 bits per heavy atom. The minimum absolute atomic E-state index is 0.00924. The highest BCUT2D eigenvalue weighted by Crippen LogP contribution is 2.03. The predicted octanol–water partition coefficient (Wildman–Crippen LogP) is -1.29. The monoisotopic (exact) mass is 777 g/mol. The molecule has 0 aliphatic carbocycles. The summed E-state index contributed by atoms with van der Waals surface area (Å²) in [5, 5.41) is 7.81. The number of carbonyl (C=O) groups is 6. The van der Waals surface area contributed by atoms with Gasteiger partial charge in [0.1, 0.15) is 12.1 Å². The number of nitrogens with zero attached hydrogens (tertiary/aromatic N) is 1. The number of hydrogen-bond acceptors (Lipinski definition) is 14. The van der Waals surface area contributed by atoms with Crippen molar-refractivity contribution in [3.8, 4) is 0 Å². The molecule has 19 nitrogen and oxygen atoms in total. The lowest BCUT2D eigenvalue weighted by atomic mass is 10.0. The van der Waals surface area contributed by atoms with Crippen LogP contribution in [0.1, 0.15) is 40.5 Å². The number of rotatable bonds is 37. The zero-order valence-corrected chi connectivity index (χ0v) is 32.3. The number of ether oxygens (including phenoxy) is 8. The van der Waals surface area contributed by atoms with Crippen molar-refractivity contribution >= 4 is 35.9 Å². The summed E-state index contributed by atoms with van der Waals surface area (Å²) in [6.45, 7) is 13.1. The van der Waals surface area contributed by atoms with Crippen LogP contribution in [0.15, 0.2) is 12.2 Å². The molecule has 0 aromatic carbocycles. The molecule has 0 aromatic rings. The second-order valence-electron chi connectivity index (χ2n) is 11.8. The highest BCUT2D eigenvalue weighted by molar-refractivity contribution is 5.95. The van der Waals surface area contributed by atoms with Gasteiger partial charge in [-0.3, -0.25) is 33.7 Å². The van der Waals surface area contributed by atoms with Crippen molar-refractivity contribution < 1.29 is 66.7 Å². The van der Waals surface area contributed by atoms with Gasteiger partial charge in [0.2, 0.25) is 30.0 Å². The van der Waals surface area contributed by atoms with Crippen molar-refractivity contribution in [2.45, 2.75) is 52.6 Å². The maximum atomic E-state index is 12.3. The molecule has 0 saturated carbocycles. The van der Waals surface area contributed by atoms with Crippen LogP contribution >= 0.6 is 0 Å². The maximum absolute atomic E-state index is 12.3. The van der Waals surface area contributed by atoms with E-state index in [1.807, 2.05) is 0 Å². The summed E-state index contributed by atoms with van der Waals surface area (Å²) >= 11 is 0. The molecule has 0 aromatic heterocycles. The van der Waals surface area contributed by atoms with Gasteiger partial charge in [-0.05, 0) is 25.8 Å². The summed E-state index contributed by atoms with van der Waals surface area (Å²) in [6.07, 6.45) is 3.28. The molecule has 0 fully saturated rings. The third-order valence-corrected chi connectivity index (χ3v) is 7.00. The number of nitrogens with two attached hydrogens (primary N) is 1. The lowest BCUT2D eigenvalue weighted by Crippen LogP contribution is -2.54. The van der Waals surface area contributed by atoms with Crippen LogP contribution in [0.3, 0.4) is 0 Å². The molecular formula is C35H63N5O14. The first-order valence-corrected chi connectivity index (χ1v) is 18.2. The average Bonchev–Trinajstić information content (AvgIpc) is 3.13. The molecule has 0 spiro atoms. The smallest absolute Gasteiger partial charge is 0.252 e. The van der Waals surface area contributed by atoms with Crippen molar-refractivity contribution in [1.29, 1.82) is 0 Å². The molecule has 0 saturated heterocycles. The van der Waals surface area contributed by atoms with Crippen molar-refractivity contribution in [2.24, 2.45) is 11.7 Å². The van der Waals surface area contributed by atoms with Crippen LogP contribution in [-0.2, 0) is 66.7 Å². The van der Waals surface area contributed by atoms with E-state index in [-0.39, 0.29) is 43.7 Å². The van der Waals surface area contributed by atoms with Gasteiger partial charge in [0.05, 0.1) is 106 Å². The number of nitrogens with one attached hydrogen (secondary N) is 3. The number of amides is 6. The Labute approximate surface area is 318 Å². The van der Waals surface area contributed by atoms with E-state index in [1.165, 1.54) is 19.1 Å². The Kier molecular flexibility index (Phi) is 32.8. The standard InChI is InChI=1S/C35H63N5O14/c1-5-6-32(44)40(27-41)10-7-30(42)37-9-12-48-14-16-50-18-20-52-22-24-54-26-25-53-23-21-51-19-17-49-15-13-47-11-8-31(43)39-33(28(2)3)35(46)38-29(4)34(36)45/h5-6,27-29,33H,7-26H2,1-4H3,(H2,36,45)(H,37,42)(H,38,46)(H,39,43)/b6-5-. The van der Waals surface area contributed by atoms with E-state index < -0.39 is 29.8 Å². The van der Waals surface area contributed by atoms with E-state index in [4.69, 9.17) is 43.6 Å². The van der Waals surface area contributed by atoms with Crippen LogP contribution < -0.4 is 21.7 Å². The Bertz CT molecular complexity index is 1070. The van der Waals surface area contributed by atoms with Crippen LogP contribution in [0.5, 0.6) is 0 Å². The molecule has 54 heavy (non-hydrogen) atoms. The van der Waals surface area contributed by atoms with Gasteiger partial charge in [0.25, 0.3) is 5.91 Å². The SMILES string of the molecule is C/C=C\C(=O)N(C=O)CCC(=O)NCCOCCOCCOCCOCCOCCOCCOCCOCCC(=O)NC(C(=O)NC(C)C(N)=O)C(C)C. The predicted molar refractivity (Wildman–Crippen MR) is 195 cm³/mol. The molecular weight excluding hydrogens is 714 g/mol. The van der Waals surface area contributed by atoms with Gasteiger partial charge in [-0.1, -0.05) is 19.9 Å². The van der Waals surface area contributed by atoms with Crippen molar-refractivity contribution in [3.05, 3.63) is 12.2 Å². The molecule has 0 radical (unpaired) electrons. The van der Waals surface area contributed by atoms with E-state index in [0.717, 1.165) is 4.90 Å². The third-order valence-electron chi connectivity index (χ3n) is 7.00. The number of carbonyl (C=O) groups excluding carboxylic acids is 6. The molecule has 19 heteroatoms. The lowest BCUT2D eigenvalue weighted by Gasteiger charge is -2.23. The molecule has 0 aliphatic heterocycles. The quantitative estimate of drug-likeness (QED) is 0.0326. The van der Waals surface area contributed by atoms with Gasteiger partial charge in [0, 0.05) is 25.9 Å². The first-order valence-electron chi connectivity index (χ1n) is 18.2. The second-order valence-corrected chi connectivity index (χ2v) is 11.8. The van der Waals surface area contributed by atoms with Crippen LogP contribution in [0, 0.1) is 5.92 Å². The van der Waals surface area contributed by atoms with Crippen LogP contribution in [0.4, 0.5) is 0 Å². The Morgan fingerprint density at radius 1 is 0.611 bits per heavy atom. The summed E-state index contributed by atoms with van der Waals surface area (Å²) in [4.78, 5) is 71.1. The molecule has 0 heterocycles. The minimum Gasteiger partial charge on any atom is -0.379 e. The molecule has 2 atom stereocenters. The highest BCUT2D eigenvalue weighted by atomic mass is 16.6.